The molecule has 2 amide bonds. The molecule has 4 N–H and O–H groups in total. The molecule has 2 fully saturated rings. The first-order valence-electron chi connectivity index (χ1n) is 9.27. The number of amides is 2. The smallest absolute Gasteiger partial charge is 0.250 e. The van der Waals surface area contributed by atoms with Crippen molar-refractivity contribution in [2.45, 2.75) is 52.2 Å². The molecule has 7 nitrogen and oxygen atoms in total. The van der Waals surface area contributed by atoms with Crippen molar-refractivity contribution >= 4 is 28.7 Å². The monoisotopic (exact) mass is 383 g/mol. The largest absolute Gasteiger partial charge is 0.394 e. The van der Waals surface area contributed by atoms with Gasteiger partial charge in [-0.3, -0.25) is 14.6 Å². The average molecular weight is 384 g/mol. The van der Waals surface area contributed by atoms with Gasteiger partial charge in [0.05, 0.1) is 19.3 Å². The second-order valence-corrected chi connectivity index (χ2v) is 9.51. The molecule has 5 atom stereocenters. The third-order valence-electron chi connectivity index (χ3n) is 7.02. The molecule has 2 aliphatic carbocycles. The molecule has 1 aliphatic heterocycles. The summed E-state index contributed by atoms with van der Waals surface area (Å²) in [6, 6.07) is -1.01. The van der Waals surface area contributed by atoms with E-state index in [1.807, 2.05) is 0 Å². The predicted molar refractivity (Wildman–Crippen MR) is 101 cm³/mol. The van der Waals surface area contributed by atoms with Gasteiger partial charge in [-0.15, -0.1) is 0 Å². The molecule has 8 heteroatoms. The van der Waals surface area contributed by atoms with E-state index in [4.69, 9.17) is 0 Å². The highest BCUT2D eigenvalue weighted by molar-refractivity contribution is 8.14. The summed E-state index contributed by atoms with van der Waals surface area (Å²) in [7, 11) is 0. The van der Waals surface area contributed by atoms with Gasteiger partial charge in [0, 0.05) is 12.2 Å². The predicted octanol–water partition coefficient (Wildman–Crippen LogP) is 0.506. The first-order valence-corrected chi connectivity index (χ1v) is 10.3. The minimum absolute atomic E-state index is 0.0110. The van der Waals surface area contributed by atoms with Crippen molar-refractivity contribution < 1.29 is 19.8 Å². The van der Waals surface area contributed by atoms with Crippen LogP contribution in [0.5, 0.6) is 0 Å². The van der Waals surface area contributed by atoms with Crippen LogP contribution >= 0.6 is 11.8 Å². The highest BCUT2D eigenvalue weighted by Crippen LogP contribution is 2.68. The SMILES string of the molecule is CC1(C)C2CCC1(C)C(O)C2CC(=O)NC(CO)C(=O)NC1=NCCS1. The van der Waals surface area contributed by atoms with Crippen molar-refractivity contribution in [3.63, 3.8) is 0 Å². The molecular formula is C18H29N3O4S. The number of fused-ring (bicyclic) bond motifs is 2. The number of hydrogen-bond acceptors (Lipinski definition) is 6. The summed E-state index contributed by atoms with van der Waals surface area (Å²) in [5.74, 6) is 0.229. The zero-order chi connectivity index (χ0) is 19.1. The van der Waals surface area contributed by atoms with Crippen molar-refractivity contribution in [3.05, 3.63) is 0 Å². The maximum Gasteiger partial charge on any atom is 0.250 e. The van der Waals surface area contributed by atoms with Crippen LogP contribution in [-0.4, -0.2) is 58.2 Å². The molecule has 1 heterocycles. The second-order valence-electron chi connectivity index (χ2n) is 8.42. The highest BCUT2D eigenvalue weighted by atomic mass is 32.2. The van der Waals surface area contributed by atoms with Gasteiger partial charge in [0.1, 0.15) is 6.04 Å². The summed E-state index contributed by atoms with van der Waals surface area (Å²) in [4.78, 5) is 28.9. The fourth-order valence-corrected chi connectivity index (χ4v) is 5.78. The van der Waals surface area contributed by atoms with Gasteiger partial charge in [0.15, 0.2) is 5.17 Å². The molecule has 2 bridgehead atoms. The minimum Gasteiger partial charge on any atom is -0.394 e. The van der Waals surface area contributed by atoms with Crippen LogP contribution in [0.15, 0.2) is 4.99 Å². The van der Waals surface area contributed by atoms with E-state index < -0.39 is 24.7 Å². The Morgan fingerprint density at radius 3 is 2.65 bits per heavy atom. The van der Waals surface area contributed by atoms with Crippen LogP contribution in [0.2, 0.25) is 0 Å². The fourth-order valence-electron chi connectivity index (χ4n) is 5.05. The summed E-state index contributed by atoms with van der Waals surface area (Å²) >= 11 is 1.44. The van der Waals surface area contributed by atoms with E-state index in [9.17, 15) is 19.8 Å². The number of amidine groups is 1. The van der Waals surface area contributed by atoms with Gasteiger partial charge in [0.25, 0.3) is 5.91 Å². The standard InChI is InChI=1S/C18H29N3O4S/c1-17(2)11-4-5-18(17,3)14(24)10(11)8-13(23)20-12(9-22)15(25)21-16-19-6-7-26-16/h10-12,14,22,24H,4-9H2,1-3H3,(H,20,23)(H,19,21,25). The van der Waals surface area contributed by atoms with E-state index in [0.717, 1.165) is 18.6 Å². The Balaban J connectivity index is 1.59. The molecule has 0 aromatic rings. The molecule has 3 aliphatic rings. The summed E-state index contributed by atoms with van der Waals surface area (Å²) in [5, 5.41) is 26.0. The summed E-state index contributed by atoms with van der Waals surface area (Å²) < 4.78 is 0. The number of nitrogens with one attached hydrogen (secondary N) is 2. The van der Waals surface area contributed by atoms with Crippen molar-refractivity contribution in [1.29, 1.82) is 0 Å². The van der Waals surface area contributed by atoms with Crippen LogP contribution in [-0.2, 0) is 9.59 Å². The van der Waals surface area contributed by atoms with Gasteiger partial charge in [-0.05, 0) is 35.5 Å². The third-order valence-corrected chi connectivity index (χ3v) is 7.91. The number of rotatable bonds is 5. The first-order chi connectivity index (χ1) is 12.2. The molecule has 0 radical (unpaired) electrons. The van der Waals surface area contributed by atoms with Crippen LogP contribution < -0.4 is 10.6 Å². The molecule has 3 rings (SSSR count). The molecule has 26 heavy (non-hydrogen) atoms. The van der Waals surface area contributed by atoms with Crippen molar-refractivity contribution in [2.24, 2.45) is 27.7 Å². The number of aliphatic imine (C=N–C) groups is 1. The summed E-state index contributed by atoms with van der Waals surface area (Å²) in [5.41, 5.74) is -0.183. The lowest BCUT2D eigenvalue weighted by Gasteiger charge is -2.37. The molecule has 0 saturated heterocycles. The second kappa shape index (κ2) is 7.13. The lowest BCUT2D eigenvalue weighted by molar-refractivity contribution is -0.130. The average Bonchev–Trinajstić information content (AvgIpc) is 3.20. The zero-order valence-corrected chi connectivity index (χ0v) is 16.4. The van der Waals surface area contributed by atoms with Gasteiger partial charge in [0.2, 0.25) is 5.91 Å². The Kier molecular flexibility index (Phi) is 5.38. The topological polar surface area (TPSA) is 111 Å². The van der Waals surface area contributed by atoms with E-state index in [-0.39, 0.29) is 29.1 Å². The summed E-state index contributed by atoms with van der Waals surface area (Å²) in [6.45, 7) is 6.65. The lowest BCUT2D eigenvalue weighted by Crippen LogP contribution is -2.50. The van der Waals surface area contributed by atoms with Gasteiger partial charge < -0.3 is 20.8 Å². The van der Waals surface area contributed by atoms with Crippen LogP contribution in [0.25, 0.3) is 0 Å². The molecule has 0 aromatic carbocycles. The Bertz CT molecular complexity index is 624. The number of carbonyl (C=O) groups excluding carboxylic acids is 2. The number of aliphatic hydroxyl groups excluding tert-OH is 2. The van der Waals surface area contributed by atoms with E-state index >= 15 is 0 Å². The normalized spacial score (nSPS) is 35.9. The molecule has 146 valence electrons. The molecule has 2 saturated carbocycles. The maximum absolute atomic E-state index is 12.5. The third kappa shape index (κ3) is 3.16. The van der Waals surface area contributed by atoms with E-state index in [0.29, 0.717) is 17.6 Å². The van der Waals surface area contributed by atoms with Crippen molar-refractivity contribution in [1.82, 2.24) is 10.6 Å². The summed E-state index contributed by atoms with van der Waals surface area (Å²) in [6.07, 6.45) is 1.64. The molecule has 5 unspecified atom stereocenters. The number of nitrogens with zero attached hydrogens (tertiary/aromatic N) is 1. The van der Waals surface area contributed by atoms with Gasteiger partial charge in [-0.1, -0.05) is 32.5 Å². The molecule has 0 spiro atoms. The van der Waals surface area contributed by atoms with E-state index in [2.05, 4.69) is 36.4 Å². The fraction of sp³-hybridized carbons (Fsp3) is 0.833. The van der Waals surface area contributed by atoms with Crippen LogP contribution in [0.4, 0.5) is 0 Å². The Morgan fingerprint density at radius 2 is 2.12 bits per heavy atom. The van der Waals surface area contributed by atoms with Crippen molar-refractivity contribution in [2.75, 3.05) is 18.9 Å². The first kappa shape index (κ1) is 19.6. The quantitative estimate of drug-likeness (QED) is 0.553. The van der Waals surface area contributed by atoms with Gasteiger partial charge in [-0.2, -0.15) is 0 Å². The number of hydrogen-bond donors (Lipinski definition) is 4. The lowest BCUT2D eigenvalue weighted by atomic mass is 9.70. The molecular weight excluding hydrogens is 354 g/mol. The van der Waals surface area contributed by atoms with Gasteiger partial charge in [-0.25, -0.2) is 0 Å². The zero-order valence-electron chi connectivity index (χ0n) is 15.6. The van der Waals surface area contributed by atoms with Crippen LogP contribution in [0.3, 0.4) is 0 Å². The van der Waals surface area contributed by atoms with Crippen LogP contribution in [0.1, 0.15) is 40.0 Å². The maximum atomic E-state index is 12.5. The Morgan fingerprint density at radius 1 is 1.38 bits per heavy atom. The highest BCUT2D eigenvalue weighted by Gasteiger charge is 2.65. The van der Waals surface area contributed by atoms with E-state index in [1.165, 1.54) is 11.8 Å². The van der Waals surface area contributed by atoms with Crippen molar-refractivity contribution in [3.8, 4) is 0 Å². The molecule has 0 aromatic heterocycles. The number of thioether (sulfide) groups is 1. The van der Waals surface area contributed by atoms with E-state index in [1.54, 1.807) is 0 Å². The number of aliphatic hydroxyl groups is 2. The Labute approximate surface area is 158 Å². The van der Waals surface area contributed by atoms with Gasteiger partial charge >= 0.3 is 0 Å². The Hall–Kier alpha value is -1.12. The minimum atomic E-state index is -1.01. The number of carbonyl (C=O) groups is 2. The van der Waals surface area contributed by atoms with Crippen LogP contribution in [0, 0.1) is 22.7 Å².